The van der Waals surface area contributed by atoms with E-state index in [2.05, 4.69) is 29.7 Å². The third kappa shape index (κ3) is 3.22. The normalized spacial score (nSPS) is 24.2. The van der Waals surface area contributed by atoms with E-state index in [4.69, 9.17) is 4.74 Å². The van der Waals surface area contributed by atoms with Gasteiger partial charge in [0.05, 0.1) is 43.2 Å². The fraction of sp³-hybridized carbons (Fsp3) is 0.333. The summed E-state index contributed by atoms with van der Waals surface area (Å²) in [5.41, 5.74) is 3.88. The Morgan fingerprint density at radius 3 is 2.65 bits per heavy atom. The lowest BCUT2D eigenvalue weighted by atomic mass is 9.57. The predicted molar refractivity (Wildman–Crippen MR) is 127 cm³/mol. The SMILES string of the molecule is C=C(C(O)c1ccc(OC)cn1)C1(CO)CCC2=Cc3c(cnn3-c3ccc(F)cc3)CC21C. The maximum atomic E-state index is 13.4. The molecule has 2 aliphatic rings. The van der Waals surface area contributed by atoms with Crippen molar-refractivity contribution < 1.29 is 19.3 Å². The van der Waals surface area contributed by atoms with Crippen LogP contribution < -0.4 is 4.74 Å². The Kier molecular flexibility index (Phi) is 5.41. The molecular weight excluding hydrogens is 433 g/mol. The van der Waals surface area contributed by atoms with Crippen LogP contribution in [0.1, 0.15) is 42.8 Å². The number of aliphatic hydroxyl groups is 2. The van der Waals surface area contributed by atoms with Gasteiger partial charge < -0.3 is 14.9 Å². The molecule has 7 heteroatoms. The average Bonchev–Trinajstić information content (AvgIpc) is 3.39. The predicted octanol–water partition coefficient (Wildman–Crippen LogP) is 4.42. The van der Waals surface area contributed by atoms with Crippen molar-refractivity contribution in [2.75, 3.05) is 13.7 Å². The summed E-state index contributed by atoms with van der Waals surface area (Å²) in [6.45, 7) is 6.29. The van der Waals surface area contributed by atoms with Gasteiger partial charge in [0.2, 0.25) is 0 Å². The van der Waals surface area contributed by atoms with Crippen LogP contribution in [0.4, 0.5) is 4.39 Å². The molecule has 2 aromatic heterocycles. The second-order valence-electron chi connectivity index (χ2n) is 9.41. The quantitative estimate of drug-likeness (QED) is 0.531. The van der Waals surface area contributed by atoms with Crippen LogP contribution in [0.15, 0.2) is 66.5 Å². The number of halogens is 1. The molecule has 1 saturated carbocycles. The minimum absolute atomic E-state index is 0.131. The number of pyridine rings is 1. The third-order valence-corrected chi connectivity index (χ3v) is 7.89. The Hall–Kier alpha value is -3.29. The molecule has 5 rings (SSSR count). The summed E-state index contributed by atoms with van der Waals surface area (Å²) >= 11 is 0. The Bertz CT molecular complexity index is 1270. The van der Waals surface area contributed by atoms with Crippen molar-refractivity contribution in [3.63, 3.8) is 0 Å². The summed E-state index contributed by atoms with van der Waals surface area (Å²) in [4.78, 5) is 4.34. The van der Waals surface area contributed by atoms with Crippen LogP contribution in [-0.2, 0) is 6.42 Å². The Morgan fingerprint density at radius 2 is 2.00 bits per heavy atom. The van der Waals surface area contributed by atoms with Crippen LogP contribution in [0.3, 0.4) is 0 Å². The first-order valence-corrected chi connectivity index (χ1v) is 11.3. The van der Waals surface area contributed by atoms with Gasteiger partial charge in [-0.3, -0.25) is 4.98 Å². The molecule has 0 radical (unpaired) electrons. The zero-order valence-electron chi connectivity index (χ0n) is 19.3. The van der Waals surface area contributed by atoms with Crippen molar-refractivity contribution in [1.82, 2.24) is 14.8 Å². The van der Waals surface area contributed by atoms with Gasteiger partial charge in [-0.1, -0.05) is 19.1 Å². The highest BCUT2D eigenvalue weighted by Gasteiger charge is 2.58. The number of fused-ring (bicyclic) bond motifs is 2. The highest BCUT2D eigenvalue weighted by molar-refractivity contribution is 5.63. The Labute approximate surface area is 198 Å². The zero-order valence-corrected chi connectivity index (χ0v) is 19.3. The lowest BCUT2D eigenvalue weighted by Crippen LogP contribution is -2.44. The molecule has 2 N–H and O–H groups in total. The molecule has 3 unspecified atom stereocenters. The van der Waals surface area contributed by atoms with Gasteiger partial charge in [0.25, 0.3) is 0 Å². The fourth-order valence-corrected chi connectivity index (χ4v) is 5.72. The van der Waals surface area contributed by atoms with Gasteiger partial charge in [-0.25, -0.2) is 9.07 Å². The van der Waals surface area contributed by atoms with E-state index in [9.17, 15) is 14.6 Å². The van der Waals surface area contributed by atoms with Crippen molar-refractivity contribution in [3.8, 4) is 11.4 Å². The molecule has 0 bridgehead atoms. The molecule has 1 aromatic carbocycles. The summed E-state index contributed by atoms with van der Waals surface area (Å²) < 4.78 is 20.4. The summed E-state index contributed by atoms with van der Waals surface area (Å²) in [5, 5.41) is 26.5. The van der Waals surface area contributed by atoms with E-state index in [1.54, 1.807) is 37.6 Å². The molecule has 3 aromatic rings. The monoisotopic (exact) mass is 461 g/mol. The van der Waals surface area contributed by atoms with Gasteiger partial charge in [0, 0.05) is 10.8 Å². The minimum atomic E-state index is -1.02. The minimum Gasteiger partial charge on any atom is -0.495 e. The van der Waals surface area contributed by atoms with Gasteiger partial charge >= 0.3 is 0 Å². The molecule has 2 heterocycles. The number of benzene rings is 1. The van der Waals surface area contributed by atoms with Gasteiger partial charge in [0.15, 0.2) is 0 Å². The van der Waals surface area contributed by atoms with E-state index in [1.165, 1.54) is 17.7 Å². The average molecular weight is 462 g/mol. The van der Waals surface area contributed by atoms with E-state index in [0.29, 0.717) is 29.9 Å². The zero-order chi connectivity index (χ0) is 24.1. The van der Waals surface area contributed by atoms with E-state index < -0.39 is 16.9 Å². The first-order chi connectivity index (χ1) is 16.3. The molecule has 2 aliphatic carbocycles. The van der Waals surface area contributed by atoms with E-state index >= 15 is 0 Å². The van der Waals surface area contributed by atoms with E-state index in [0.717, 1.165) is 23.4 Å². The molecule has 0 saturated heterocycles. The van der Waals surface area contributed by atoms with Crippen molar-refractivity contribution in [2.24, 2.45) is 10.8 Å². The summed E-state index contributed by atoms with van der Waals surface area (Å²) in [7, 11) is 1.57. The largest absolute Gasteiger partial charge is 0.495 e. The number of rotatable bonds is 6. The second-order valence-corrected chi connectivity index (χ2v) is 9.41. The van der Waals surface area contributed by atoms with Gasteiger partial charge in [-0.2, -0.15) is 5.10 Å². The second kappa shape index (κ2) is 8.18. The molecule has 0 aliphatic heterocycles. The number of aromatic nitrogens is 3. The molecule has 176 valence electrons. The van der Waals surface area contributed by atoms with E-state index in [1.807, 2.05) is 10.9 Å². The topological polar surface area (TPSA) is 80.4 Å². The Balaban J connectivity index is 1.51. The van der Waals surface area contributed by atoms with Crippen molar-refractivity contribution >= 4 is 6.08 Å². The van der Waals surface area contributed by atoms with Crippen LogP contribution in [0.2, 0.25) is 0 Å². The number of allylic oxidation sites excluding steroid dienone is 1. The fourth-order valence-electron chi connectivity index (χ4n) is 5.72. The van der Waals surface area contributed by atoms with Crippen LogP contribution in [0.5, 0.6) is 5.75 Å². The highest BCUT2D eigenvalue weighted by Crippen LogP contribution is 2.64. The third-order valence-electron chi connectivity index (χ3n) is 7.89. The molecule has 34 heavy (non-hydrogen) atoms. The van der Waals surface area contributed by atoms with Crippen LogP contribution in [0.25, 0.3) is 11.8 Å². The van der Waals surface area contributed by atoms with Crippen LogP contribution >= 0.6 is 0 Å². The summed E-state index contributed by atoms with van der Waals surface area (Å²) in [5.74, 6) is 0.317. The molecular formula is C27H28FN3O3. The molecule has 0 spiro atoms. The smallest absolute Gasteiger partial charge is 0.137 e. The lowest BCUT2D eigenvalue weighted by molar-refractivity contribution is 0.0424. The molecule has 3 atom stereocenters. The number of nitrogens with zero attached hydrogens (tertiary/aromatic N) is 3. The number of methoxy groups -OCH3 is 1. The van der Waals surface area contributed by atoms with Gasteiger partial charge in [-0.05, 0) is 72.9 Å². The number of hydrogen-bond donors (Lipinski definition) is 2. The molecule has 1 fully saturated rings. The van der Waals surface area contributed by atoms with Crippen molar-refractivity contribution in [3.05, 3.63) is 89.3 Å². The summed E-state index contributed by atoms with van der Waals surface area (Å²) in [6.07, 6.45) is 6.62. The number of ether oxygens (including phenoxy) is 1. The maximum Gasteiger partial charge on any atom is 0.137 e. The summed E-state index contributed by atoms with van der Waals surface area (Å²) in [6, 6.07) is 9.74. The number of hydrogen-bond acceptors (Lipinski definition) is 5. The van der Waals surface area contributed by atoms with E-state index in [-0.39, 0.29) is 12.4 Å². The van der Waals surface area contributed by atoms with Crippen LogP contribution in [0, 0.1) is 16.6 Å². The highest BCUT2D eigenvalue weighted by atomic mass is 19.1. The standard InChI is InChI=1S/C27H28FN3O3/c1-17(25(33)23-9-8-22(34-3)15-29-23)27(16-32)11-10-19-12-24-18(13-26(19,27)2)14-30-31(24)21-6-4-20(28)5-7-21/h4-9,12,14-15,25,32-33H,1,10-11,13,16H2,2-3H3. The van der Waals surface area contributed by atoms with Crippen molar-refractivity contribution in [1.29, 1.82) is 0 Å². The van der Waals surface area contributed by atoms with Gasteiger partial charge in [-0.15, -0.1) is 0 Å². The molecule has 0 amide bonds. The maximum absolute atomic E-state index is 13.4. The lowest BCUT2D eigenvalue weighted by Gasteiger charge is -2.47. The number of aliphatic hydroxyl groups excluding tert-OH is 2. The first-order valence-electron chi connectivity index (χ1n) is 11.3. The van der Waals surface area contributed by atoms with Crippen LogP contribution in [-0.4, -0.2) is 38.7 Å². The van der Waals surface area contributed by atoms with Crippen molar-refractivity contribution in [2.45, 2.75) is 32.3 Å². The van der Waals surface area contributed by atoms with Gasteiger partial charge in [0.1, 0.15) is 17.7 Å². The Morgan fingerprint density at radius 1 is 1.24 bits per heavy atom. The first kappa shape index (κ1) is 22.5. The molecule has 6 nitrogen and oxygen atoms in total.